The summed E-state index contributed by atoms with van der Waals surface area (Å²) in [6.07, 6.45) is 2.41. The second kappa shape index (κ2) is 5.88. The third kappa shape index (κ3) is 3.19. The fraction of sp³-hybridized carbons (Fsp3) is 0.500. The quantitative estimate of drug-likeness (QED) is 0.796. The van der Waals surface area contributed by atoms with Crippen LogP contribution in [0.4, 0.5) is 5.82 Å². The molecule has 6 nitrogen and oxygen atoms in total. The molecular weight excluding hydrogens is 308 g/mol. The van der Waals surface area contributed by atoms with Gasteiger partial charge in [-0.15, -0.1) is 11.3 Å². The van der Waals surface area contributed by atoms with Crippen molar-refractivity contribution in [2.75, 3.05) is 11.9 Å². The first kappa shape index (κ1) is 15.9. The normalized spacial score (nSPS) is 12.0. The molecule has 0 fully saturated rings. The summed E-state index contributed by atoms with van der Waals surface area (Å²) < 4.78 is 1.75. The number of nitrogens with zero attached hydrogens (tertiary/aromatic N) is 5. The summed E-state index contributed by atoms with van der Waals surface area (Å²) in [6, 6.07) is 0. The van der Waals surface area contributed by atoms with E-state index in [0.29, 0.717) is 5.78 Å². The van der Waals surface area contributed by atoms with E-state index in [1.54, 1.807) is 15.9 Å². The van der Waals surface area contributed by atoms with E-state index in [1.165, 1.54) is 11.3 Å². The van der Waals surface area contributed by atoms with Crippen LogP contribution in [-0.4, -0.2) is 31.1 Å². The Morgan fingerprint density at radius 3 is 2.70 bits per heavy atom. The molecule has 1 N–H and O–H groups in total. The minimum Gasteiger partial charge on any atom is -0.369 e. The summed E-state index contributed by atoms with van der Waals surface area (Å²) in [5.74, 6) is 1.58. The largest absolute Gasteiger partial charge is 0.369 e. The summed E-state index contributed by atoms with van der Waals surface area (Å²) in [6.45, 7) is 11.4. The fourth-order valence-corrected chi connectivity index (χ4v) is 3.26. The van der Waals surface area contributed by atoms with Gasteiger partial charge in [-0.3, -0.25) is 0 Å². The topological polar surface area (TPSA) is 68.0 Å². The average molecular weight is 330 g/mol. The van der Waals surface area contributed by atoms with Gasteiger partial charge < -0.3 is 5.32 Å². The van der Waals surface area contributed by atoms with Crippen LogP contribution in [-0.2, 0) is 11.8 Å². The van der Waals surface area contributed by atoms with Gasteiger partial charge in [0, 0.05) is 35.0 Å². The molecule has 0 spiro atoms. The smallest absolute Gasteiger partial charge is 0.254 e. The van der Waals surface area contributed by atoms with Crippen LogP contribution in [0.3, 0.4) is 0 Å². The van der Waals surface area contributed by atoms with Crippen molar-refractivity contribution in [3.05, 3.63) is 33.7 Å². The third-order valence-corrected chi connectivity index (χ3v) is 5.09. The maximum Gasteiger partial charge on any atom is 0.254 e. The molecule has 122 valence electrons. The van der Waals surface area contributed by atoms with Crippen LogP contribution in [0.2, 0.25) is 0 Å². The first-order chi connectivity index (χ1) is 10.9. The number of aromatic nitrogens is 5. The first-order valence-corrected chi connectivity index (χ1v) is 8.60. The van der Waals surface area contributed by atoms with Gasteiger partial charge in [-0.2, -0.15) is 14.6 Å². The van der Waals surface area contributed by atoms with Crippen LogP contribution in [0.5, 0.6) is 0 Å². The van der Waals surface area contributed by atoms with Gasteiger partial charge in [0.05, 0.1) is 10.7 Å². The van der Waals surface area contributed by atoms with Crippen LogP contribution in [0.25, 0.3) is 5.78 Å². The predicted molar refractivity (Wildman–Crippen MR) is 93.3 cm³/mol. The Labute approximate surface area is 140 Å². The van der Waals surface area contributed by atoms with E-state index < -0.39 is 0 Å². The Hall–Kier alpha value is -2.02. The molecule has 3 aromatic heterocycles. The van der Waals surface area contributed by atoms with Gasteiger partial charge in [-0.05, 0) is 13.8 Å². The molecule has 0 aliphatic heterocycles. The highest BCUT2D eigenvalue weighted by atomic mass is 32.1. The highest BCUT2D eigenvalue weighted by Crippen LogP contribution is 2.25. The van der Waals surface area contributed by atoms with Gasteiger partial charge >= 0.3 is 0 Å². The maximum atomic E-state index is 4.74. The molecule has 0 unspecified atom stereocenters. The minimum atomic E-state index is 0.113. The lowest BCUT2D eigenvalue weighted by Crippen LogP contribution is -2.13. The molecule has 7 heteroatoms. The third-order valence-electron chi connectivity index (χ3n) is 3.77. The number of hydrogen-bond donors (Lipinski definition) is 1. The summed E-state index contributed by atoms with van der Waals surface area (Å²) in [5.41, 5.74) is 3.31. The van der Waals surface area contributed by atoms with E-state index >= 15 is 0 Å². The summed E-state index contributed by atoms with van der Waals surface area (Å²) >= 11 is 1.74. The molecule has 0 radical (unpaired) electrons. The van der Waals surface area contributed by atoms with Crippen LogP contribution in [0.1, 0.15) is 42.7 Å². The number of thiazole rings is 1. The average Bonchev–Trinajstić information content (AvgIpc) is 3.11. The van der Waals surface area contributed by atoms with Crippen molar-refractivity contribution in [3.8, 4) is 0 Å². The van der Waals surface area contributed by atoms with Gasteiger partial charge in [0.2, 0.25) is 0 Å². The van der Waals surface area contributed by atoms with Crippen molar-refractivity contribution in [2.45, 2.75) is 46.5 Å². The number of aryl methyl sites for hydroxylation is 1. The van der Waals surface area contributed by atoms with Crippen molar-refractivity contribution in [1.29, 1.82) is 0 Å². The standard InChI is InChI=1S/C16H22N6S/c1-10-11(2)20-15-18-9-19-22(15)13(10)17-7-6-12-8-23-14(21-12)16(3,4)5/h8-9,17H,6-7H2,1-5H3. The van der Waals surface area contributed by atoms with Crippen molar-refractivity contribution < 1.29 is 0 Å². The van der Waals surface area contributed by atoms with Crippen molar-refractivity contribution in [1.82, 2.24) is 24.6 Å². The molecule has 0 saturated carbocycles. The lowest BCUT2D eigenvalue weighted by Gasteiger charge is -2.14. The van der Waals surface area contributed by atoms with E-state index in [2.05, 4.69) is 46.5 Å². The van der Waals surface area contributed by atoms with Crippen molar-refractivity contribution in [3.63, 3.8) is 0 Å². The lowest BCUT2D eigenvalue weighted by atomic mass is 9.98. The number of anilines is 1. The Bertz CT molecular complexity index is 827. The zero-order chi connectivity index (χ0) is 16.6. The number of nitrogens with one attached hydrogen (secondary N) is 1. The predicted octanol–water partition coefficient (Wildman–Crippen LogP) is 3.15. The molecule has 0 aromatic carbocycles. The molecule has 3 aromatic rings. The molecular formula is C16H22N6S. The Balaban J connectivity index is 1.73. The monoisotopic (exact) mass is 330 g/mol. The zero-order valence-corrected chi connectivity index (χ0v) is 15.0. The van der Waals surface area contributed by atoms with E-state index in [1.807, 2.05) is 13.8 Å². The highest BCUT2D eigenvalue weighted by Gasteiger charge is 2.18. The Kier molecular flexibility index (Phi) is 4.06. The molecule has 23 heavy (non-hydrogen) atoms. The SMILES string of the molecule is Cc1nc2ncnn2c(NCCc2csc(C(C)(C)C)n2)c1C. The summed E-state index contributed by atoms with van der Waals surface area (Å²) in [5, 5.41) is 11.0. The van der Waals surface area contributed by atoms with Crippen molar-refractivity contribution >= 4 is 22.9 Å². The number of rotatable bonds is 4. The van der Waals surface area contributed by atoms with Crippen LogP contribution >= 0.6 is 11.3 Å². The Morgan fingerprint density at radius 1 is 1.22 bits per heavy atom. The van der Waals surface area contributed by atoms with Crippen molar-refractivity contribution in [2.24, 2.45) is 0 Å². The zero-order valence-electron chi connectivity index (χ0n) is 14.2. The minimum absolute atomic E-state index is 0.113. The first-order valence-electron chi connectivity index (χ1n) is 7.72. The van der Waals surface area contributed by atoms with E-state index in [0.717, 1.165) is 35.7 Å². The molecule has 3 rings (SSSR count). The van der Waals surface area contributed by atoms with Gasteiger partial charge in [0.15, 0.2) is 0 Å². The molecule has 0 aliphatic carbocycles. The van der Waals surface area contributed by atoms with Crippen LogP contribution in [0, 0.1) is 13.8 Å². The second-order valence-corrected chi connectivity index (χ2v) is 7.57. The van der Waals surface area contributed by atoms with Gasteiger partial charge in [0.1, 0.15) is 12.1 Å². The van der Waals surface area contributed by atoms with Gasteiger partial charge in [-0.25, -0.2) is 9.97 Å². The maximum absolute atomic E-state index is 4.74. The van der Waals surface area contributed by atoms with E-state index in [4.69, 9.17) is 4.98 Å². The van der Waals surface area contributed by atoms with Crippen LogP contribution < -0.4 is 5.32 Å². The lowest BCUT2D eigenvalue weighted by molar-refractivity contribution is 0.583. The molecule has 3 heterocycles. The second-order valence-electron chi connectivity index (χ2n) is 6.71. The van der Waals surface area contributed by atoms with Crippen LogP contribution in [0.15, 0.2) is 11.7 Å². The highest BCUT2D eigenvalue weighted by molar-refractivity contribution is 7.09. The van der Waals surface area contributed by atoms with E-state index in [-0.39, 0.29) is 5.41 Å². The molecule has 0 atom stereocenters. The van der Waals surface area contributed by atoms with E-state index in [9.17, 15) is 0 Å². The Morgan fingerprint density at radius 2 is 2.00 bits per heavy atom. The molecule has 0 saturated heterocycles. The van der Waals surface area contributed by atoms with Gasteiger partial charge in [-0.1, -0.05) is 20.8 Å². The fourth-order valence-electron chi connectivity index (χ4n) is 2.32. The summed E-state index contributed by atoms with van der Waals surface area (Å²) in [7, 11) is 0. The van der Waals surface area contributed by atoms with Gasteiger partial charge in [0.25, 0.3) is 5.78 Å². The molecule has 0 aliphatic rings. The molecule has 0 bridgehead atoms. The number of fused-ring (bicyclic) bond motifs is 1. The molecule has 0 amide bonds. The number of hydrogen-bond acceptors (Lipinski definition) is 6. The summed E-state index contributed by atoms with van der Waals surface area (Å²) in [4.78, 5) is 13.3.